The van der Waals surface area contributed by atoms with E-state index in [-0.39, 0.29) is 0 Å². The Morgan fingerprint density at radius 3 is 2.93 bits per heavy atom. The number of anilines is 1. The van der Waals surface area contributed by atoms with Crippen LogP contribution < -0.4 is 5.32 Å². The third kappa shape index (κ3) is 4.61. The fraction of sp³-hybridized carbons (Fsp3) is 0.222. The number of hydrogen-bond acceptors (Lipinski definition) is 6. The van der Waals surface area contributed by atoms with Crippen molar-refractivity contribution in [3.63, 3.8) is 0 Å². The van der Waals surface area contributed by atoms with Crippen LogP contribution in [0.4, 0.5) is 10.5 Å². The first-order valence-electron chi connectivity index (χ1n) is 8.29. The zero-order valence-corrected chi connectivity index (χ0v) is 17.5. The van der Waals surface area contributed by atoms with Crippen molar-refractivity contribution in [2.75, 3.05) is 5.32 Å². The summed E-state index contributed by atoms with van der Waals surface area (Å²) in [5, 5.41) is 20.2. The van der Waals surface area contributed by atoms with Crippen LogP contribution in [0.25, 0.3) is 0 Å². The number of benzene rings is 1. The molecule has 1 saturated heterocycles. The average Bonchev–Trinajstić information content (AvgIpc) is 2.88. The molecule has 7 nitrogen and oxygen atoms in total. The number of hydrazone groups is 1. The van der Waals surface area contributed by atoms with Crippen LogP contribution in [0.3, 0.4) is 0 Å². The Morgan fingerprint density at radius 1 is 1.46 bits per heavy atom. The van der Waals surface area contributed by atoms with Crippen LogP contribution in [0.2, 0.25) is 5.02 Å². The molecule has 3 rings (SSSR count). The molecule has 1 aliphatic heterocycles. The number of hydroxylamine groups is 2. The predicted octanol–water partition coefficient (Wildman–Crippen LogP) is 4.43. The van der Waals surface area contributed by atoms with E-state index in [2.05, 4.69) is 15.4 Å². The molecule has 0 spiro atoms. The Bertz CT molecular complexity index is 910. The Labute approximate surface area is 177 Å². The van der Waals surface area contributed by atoms with Gasteiger partial charge in [-0.3, -0.25) is 10.2 Å². The van der Waals surface area contributed by atoms with E-state index in [1.165, 1.54) is 16.8 Å². The number of amides is 2. The summed E-state index contributed by atoms with van der Waals surface area (Å²) in [4.78, 5) is 16.6. The lowest BCUT2D eigenvalue weighted by atomic mass is 10.1. The summed E-state index contributed by atoms with van der Waals surface area (Å²) in [6.45, 7) is 3.76. The summed E-state index contributed by atoms with van der Waals surface area (Å²) in [7, 11) is 0. The van der Waals surface area contributed by atoms with E-state index in [4.69, 9.17) is 23.8 Å². The molecule has 1 atom stereocenters. The Balaban J connectivity index is 1.81. The van der Waals surface area contributed by atoms with Crippen molar-refractivity contribution in [2.45, 2.75) is 24.8 Å². The molecule has 1 unspecified atom stereocenters. The van der Waals surface area contributed by atoms with Crippen molar-refractivity contribution in [1.29, 1.82) is 0 Å². The fourth-order valence-electron chi connectivity index (χ4n) is 2.67. The average molecular weight is 436 g/mol. The largest absolute Gasteiger partial charge is 0.347 e. The number of rotatable bonds is 4. The second-order valence-corrected chi connectivity index (χ2v) is 9.23. The molecule has 28 heavy (non-hydrogen) atoms. The number of nitrogens with zero attached hydrogens (tertiary/aromatic N) is 4. The summed E-state index contributed by atoms with van der Waals surface area (Å²) in [6.07, 6.45) is 4.09. The fourth-order valence-corrected chi connectivity index (χ4v) is 4.64. The maximum Gasteiger partial charge on any atom is 0.347 e. The van der Waals surface area contributed by atoms with E-state index in [9.17, 15) is 10.0 Å². The zero-order chi connectivity index (χ0) is 20.3. The van der Waals surface area contributed by atoms with Gasteiger partial charge in [0.25, 0.3) is 0 Å². The van der Waals surface area contributed by atoms with Gasteiger partial charge in [0, 0.05) is 28.7 Å². The molecule has 146 valence electrons. The molecule has 0 bridgehead atoms. The van der Waals surface area contributed by atoms with E-state index in [0.717, 1.165) is 5.56 Å². The normalized spacial score (nSPS) is 18.5. The summed E-state index contributed by atoms with van der Waals surface area (Å²) in [6, 6.07) is 9.57. The molecule has 2 N–H and O–H groups in total. The SMILES string of the molecule is CC1(C)SC(=S)N(N=Cc2cccnc2)C1N(O)C(=O)Nc1cccc(Cl)c1. The van der Waals surface area contributed by atoms with Crippen LogP contribution in [0.1, 0.15) is 19.4 Å². The molecule has 1 aromatic carbocycles. The first-order chi connectivity index (χ1) is 13.3. The van der Waals surface area contributed by atoms with Gasteiger partial charge in [0.15, 0.2) is 10.5 Å². The number of halogens is 1. The Kier molecular flexibility index (Phi) is 6.19. The molecule has 0 aliphatic carbocycles. The molecular weight excluding hydrogens is 418 g/mol. The minimum Gasteiger partial charge on any atom is -0.306 e. The lowest BCUT2D eigenvalue weighted by molar-refractivity contribution is -0.114. The lowest BCUT2D eigenvalue weighted by Crippen LogP contribution is -2.54. The molecule has 2 aromatic rings. The molecular formula is C18H18ClN5O2S2. The van der Waals surface area contributed by atoms with Gasteiger partial charge >= 0.3 is 6.03 Å². The van der Waals surface area contributed by atoms with E-state index < -0.39 is 16.9 Å². The third-order valence-corrected chi connectivity index (χ3v) is 5.69. The van der Waals surface area contributed by atoms with Gasteiger partial charge < -0.3 is 5.32 Å². The highest BCUT2D eigenvalue weighted by Crippen LogP contribution is 2.42. The summed E-state index contributed by atoms with van der Waals surface area (Å²) in [5.74, 6) is 0. The number of carbonyl (C=O) groups excluding carboxylic acids is 1. The van der Waals surface area contributed by atoms with Crippen molar-refractivity contribution < 1.29 is 10.0 Å². The highest BCUT2D eigenvalue weighted by molar-refractivity contribution is 8.24. The molecule has 2 heterocycles. The first kappa shape index (κ1) is 20.5. The summed E-state index contributed by atoms with van der Waals surface area (Å²) in [5.41, 5.74) is 1.24. The number of carbonyl (C=O) groups is 1. The Hall–Kier alpha value is -2.20. The maximum absolute atomic E-state index is 12.6. The maximum atomic E-state index is 12.6. The lowest BCUT2D eigenvalue weighted by Gasteiger charge is -2.34. The standard InChI is InChI=1S/C18H18ClN5O2S2/c1-18(2)15(24(26)16(25)22-14-7-3-6-13(19)9-14)23(17(27)28-18)21-11-12-5-4-8-20-10-12/h3-11,15,26H,1-2H3,(H,22,25). The highest BCUT2D eigenvalue weighted by atomic mass is 35.5. The minimum absolute atomic E-state index is 0.449. The van der Waals surface area contributed by atoms with Crippen LogP contribution in [-0.4, -0.2) is 47.7 Å². The van der Waals surface area contributed by atoms with Gasteiger partial charge in [-0.05, 0) is 38.1 Å². The predicted molar refractivity (Wildman–Crippen MR) is 116 cm³/mol. The topological polar surface area (TPSA) is 81.1 Å². The van der Waals surface area contributed by atoms with E-state index in [0.29, 0.717) is 20.1 Å². The van der Waals surface area contributed by atoms with Crippen molar-refractivity contribution in [3.05, 3.63) is 59.4 Å². The second kappa shape index (κ2) is 8.44. The number of thiocarbonyl (C=S) groups is 1. The zero-order valence-electron chi connectivity index (χ0n) is 15.1. The second-order valence-electron chi connectivity index (χ2n) is 6.51. The van der Waals surface area contributed by atoms with Gasteiger partial charge in [-0.1, -0.05) is 47.7 Å². The number of thioether (sulfide) groups is 1. The number of aromatic nitrogens is 1. The van der Waals surface area contributed by atoms with Gasteiger partial charge in [0.05, 0.1) is 11.0 Å². The van der Waals surface area contributed by atoms with Crippen molar-refractivity contribution >= 4 is 57.8 Å². The molecule has 1 aliphatic rings. The number of urea groups is 1. The van der Waals surface area contributed by atoms with Gasteiger partial charge in [-0.2, -0.15) is 10.2 Å². The van der Waals surface area contributed by atoms with Crippen LogP contribution in [-0.2, 0) is 0 Å². The van der Waals surface area contributed by atoms with Gasteiger partial charge in [0.2, 0.25) is 0 Å². The first-order valence-corrected chi connectivity index (χ1v) is 9.89. The van der Waals surface area contributed by atoms with Crippen molar-refractivity contribution in [3.8, 4) is 0 Å². The van der Waals surface area contributed by atoms with Crippen LogP contribution in [0, 0.1) is 0 Å². The molecule has 10 heteroatoms. The highest BCUT2D eigenvalue weighted by Gasteiger charge is 2.50. The molecule has 1 aromatic heterocycles. The summed E-state index contributed by atoms with van der Waals surface area (Å²) < 4.78 is -0.145. The molecule has 2 amide bonds. The Morgan fingerprint density at radius 2 is 2.25 bits per heavy atom. The van der Waals surface area contributed by atoms with Crippen LogP contribution in [0.15, 0.2) is 53.9 Å². The van der Waals surface area contributed by atoms with Crippen LogP contribution in [0.5, 0.6) is 0 Å². The molecule has 0 saturated carbocycles. The monoisotopic (exact) mass is 435 g/mol. The quantitative estimate of drug-likeness (QED) is 0.320. The number of hydrogen-bond donors (Lipinski definition) is 2. The molecule has 0 radical (unpaired) electrons. The number of nitrogens with one attached hydrogen (secondary N) is 1. The van der Waals surface area contributed by atoms with E-state index in [1.807, 2.05) is 19.9 Å². The van der Waals surface area contributed by atoms with E-state index in [1.54, 1.807) is 48.9 Å². The van der Waals surface area contributed by atoms with Crippen molar-refractivity contribution in [2.24, 2.45) is 5.10 Å². The number of pyridine rings is 1. The summed E-state index contributed by atoms with van der Waals surface area (Å²) >= 11 is 12.7. The minimum atomic E-state index is -0.808. The van der Waals surface area contributed by atoms with E-state index >= 15 is 0 Å². The smallest absolute Gasteiger partial charge is 0.306 e. The molecule has 1 fully saturated rings. The van der Waals surface area contributed by atoms with Crippen LogP contribution >= 0.6 is 35.6 Å². The van der Waals surface area contributed by atoms with Gasteiger partial charge in [-0.25, -0.2) is 9.80 Å². The van der Waals surface area contributed by atoms with Gasteiger partial charge in [-0.15, -0.1) is 0 Å². The van der Waals surface area contributed by atoms with Gasteiger partial charge in [0.1, 0.15) is 0 Å². The third-order valence-electron chi connectivity index (χ3n) is 3.92. The van der Waals surface area contributed by atoms with Crippen molar-refractivity contribution in [1.82, 2.24) is 15.1 Å².